The van der Waals surface area contributed by atoms with E-state index in [4.69, 9.17) is 17.0 Å². The van der Waals surface area contributed by atoms with Gasteiger partial charge in [-0.15, -0.1) is 0 Å². The fraction of sp³-hybridized carbons (Fsp3) is 0.150. The number of carboxylic acids is 1. The van der Waals surface area contributed by atoms with Crippen molar-refractivity contribution in [1.29, 1.82) is 0 Å². The van der Waals surface area contributed by atoms with Gasteiger partial charge in [-0.1, -0.05) is 60.4 Å². The summed E-state index contributed by atoms with van der Waals surface area (Å²) in [4.78, 5) is 26.0. The normalized spacial score (nSPS) is 16.5. The molecule has 0 aromatic heterocycles. The summed E-state index contributed by atoms with van der Waals surface area (Å²) in [5, 5.41) is 21.4. The van der Waals surface area contributed by atoms with E-state index in [0.717, 1.165) is 22.2 Å². The molecule has 0 radical (unpaired) electrons. The number of hydrogen-bond acceptors (Lipinski definition) is 7. The van der Waals surface area contributed by atoms with Crippen LogP contribution in [0.15, 0.2) is 53.4 Å². The second-order valence-corrected chi connectivity index (χ2v) is 7.68. The van der Waals surface area contributed by atoms with Crippen LogP contribution >= 0.6 is 24.0 Å². The number of carbonyl (C=O) groups excluding carboxylic acids is 2. The lowest BCUT2D eigenvalue weighted by Crippen LogP contribution is -2.51. The van der Waals surface area contributed by atoms with Gasteiger partial charge in [0.05, 0.1) is 24.0 Å². The Hall–Kier alpha value is -2.84. The van der Waals surface area contributed by atoms with Gasteiger partial charge in [0.25, 0.3) is 5.91 Å². The third-order valence-corrected chi connectivity index (χ3v) is 5.51. The molecule has 144 valence electrons. The number of carboxylic acid groups (broad SMARTS) is 1. The molecule has 1 fully saturated rings. The van der Waals surface area contributed by atoms with E-state index in [-0.39, 0.29) is 27.1 Å². The molecule has 2 aromatic carbocycles. The number of aromatic hydroxyl groups is 1. The predicted molar refractivity (Wildman–Crippen MR) is 109 cm³/mol. The predicted octanol–water partition coefficient (Wildman–Crippen LogP) is 1.96. The Bertz CT molecular complexity index is 958. The van der Waals surface area contributed by atoms with Crippen LogP contribution in [0.2, 0.25) is 0 Å². The molecule has 28 heavy (non-hydrogen) atoms. The van der Waals surface area contributed by atoms with Crippen molar-refractivity contribution in [3.05, 3.63) is 64.6 Å². The zero-order chi connectivity index (χ0) is 20.3. The van der Waals surface area contributed by atoms with Crippen molar-refractivity contribution in [1.82, 2.24) is 4.90 Å². The Labute approximate surface area is 171 Å². The van der Waals surface area contributed by atoms with Gasteiger partial charge in [0, 0.05) is 0 Å². The van der Waals surface area contributed by atoms with Crippen LogP contribution in [0.5, 0.6) is 11.5 Å². The fourth-order valence-electron chi connectivity index (χ4n) is 2.80. The number of carbonyl (C=O) groups is 2. The number of ether oxygens (including phenoxy) is 1. The number of amides is 1. The van der Waals surface area contributed by atoms with Crippen LogP contribution in [0.3, 0.4) is 0 Å². The van der Waals surface area contributed by atoms with E-state index in [2.05, 4.69) is 0 Å². The Morgan fingerprint density at radius 2 is 2.04 bits per heavy atom. The third-order valence-electron chi connectivity index (χ3n) is 4.18. The van der Waals surface area contributed by atoms with Crippen molar-refractivity contribution < 1.29 is 24.5 Å². The second-order valence-electron chi connectivity index (χ2n) is 6.01. The largest absolute Gasteiger partial charge is 0.548 e. The van der Waals surface area contributed by atoms with Crippen molar-refractivity contribution in [2.45, 2.75) is 12.5 Å². The summed E-state index contributed by atoms with van der Waals surface area (Å²) in [5.41, 5.74) is 1.38. The highest BCUT2D eigenvalue weighted by molar-refractivity contribution is 8.26. The lowest BCUT2D eigenvalue weighted by molar-refractivity contribution is -0.310. The van der Waals surface area contributed by atoms with Crippen molar-refractivity contribution in [2.24, 2.45) is 0 Å². The summed E-state index contributed by atoms with van der Waals surface area (Å²) in [6.07, 6.45) is 1.67. The Balaban J connectivity index is 1.88. The number of rotatable bonds is 6. The number of phenolic OH excluding ortho intramolecular Hbond substituents is 1. The summed E-state index contributed by atoms with van der Waals surface area (Å²) in [6.45, 7) is 0. The number of nitrogens with zero attached hydrogens (tertiary/aromatic N) is 1. The second kappa shape index (κ2) is 8.45. The molecule has 8 heteroatoms. The smallest absolute Gasteiger partial charge is 0.266 e. The quantitative estimate of drug-likeness (QED) is 0.571. The molecule has 1 heterocycles. The molecule has 2 aromatic rings. The van der Waals surface area contributed by atoms with Gasteiger partial charge >= 0.3 is 0 Å². The SMILES string of the molecule is COc1cc(C=C2SC(=S)N(C(Cc3ccccc3)C(=O)[O-])C2=O)ccc1O. The highest BCUT2D eigenvalue weighted by Gasteiger charge is 2.37. The molecule has 0 bridgehead atoms. The van der Waals surface area contributed by atoms with Crippen LogP contribution in [-0.4, -0.2) is 39.4 Å². The van der Waals surface area contributed by atoms with Gasteiger partial charge in [-0.3, -0.25) is 9.69 Å². The fourth-order valence-corrected chi connectivity index (χ4v) is 4.16. The van der Waals surface area contributed by atoms with Crippen molar-refractivity contribution in [3.63, 3.8) is 0 Å². The summed E-state index contributed by atoms with van der Waals surface area (Å²) in [7, 11) is 1.42. The summed E-state index contributed by atoms with van der Waals surface area (Å²) in [6, 6.07) is 12.4. The molecule has 3 rings (SSSR count). The lowest BCUT2D eigenvalue weighted by atomic mass is 10.0. The van der Waals surface area contributed by atoms with Gasteiger partial charge < -0.3 is 19.7 Å². The van der Waals surface area contributed by atoms with E-state index in [9.17, 15) is 19.8 Å². The molecular formula is C20H16NO5S2-. The molecule has 0 spiro atoms. The van der Waals surface area contributed by atoms with Crippen LogP contribution in [0.25, 0.3) is 6.08 Å². The molecule has 1 saturated heterocycles. The summed E-state index contributed by atoms with van der Waals surface area (Å²) >= 11 is 6.29. The molecular weight excluding hydrogens is 398 g/mol. The molecule has 6 nitrogen and oxygen atoms in total. The number of thiocarbonyl (C=S) groups is 1. The maximum atomic E-state index is 12.9. The molecule has 1 aliphatic heterocycles. The number of aliphatic carboxylic acids is 1. The third kappa shape index (κ3) is 4.18. The van der Waals surface area contributed by atoms with Crippen LogP contribution in [0.1, 0.15) is 11.1 Å². The summed E-state index contributed by atoms with van der Waals surface area (Å²) < 4.78 is 5.22. The minimum Gasteiger partial charge on any atom is -0.548 e. The van der Waals surface area contributed by atoms with Gasteiger partial charge in [0.2, 0.25) is 0 Å². The van der Waals surface area contributed by atoms with Gasteiger partial charge in [0.15, 0.2) is 11.5 Å². The van der Waals surface area contributed by atoms with Crippen molar-refractivity contribution >= 4 is 46.3 Å². The molecule has 1 aliphatic rings. The van der Waals surface area contributed by atoms with E-state index >= 15 is 0 Å². The highest BCUT2D eigenvalue weighted by atomic mass is 32.2. The number of benzene rings is 2. The monoisotopic (exact) mass is 414 g/mol. The summed E-state index contributed by atoms with van der Waals surface area (Å²) in [5.74, 6) is -1.62. The van der Waals surface area contributed by atoms with E-state index in [0.29, 0.717) is 5.56 Å². The molecule has 1 amide bonds. The number of thioether (sulfide) groups is 1. The first-order valence-electron chi connectivity index (χ1n) is 8.29. The first-order valence-corrected chi connectivity index (χ1v) is 9.52. The Morgan fingerprint density at radius 1 is 1.32 bits per heavy atom. The van der Waals surface area contributed by atoms with Crippen LogP contribution in [-0.2, 0) is 16.0 Å². The van der Waals surface area contributed by atoms with Gasteiger partial charge in [-0.2, -0.15) is 0 Å². The first kappa shape index (κ1) is 19.9. The standard InChI is InChI=1S/C20H17NO5S2/c1-26-16-10-13(7-8-15(16)22)11-17-18(23)21(20(27)28-17)14(19(24)25)9-12-5-3-2-4-6-12/h2-8,10-11,14,22H,9H2,1H3,(H,24,25)/p-1. The van der Waals surface area contributed by atoms with Gasteiger partial charge in [0.1, 0.15) is 4.32 Å². The molecule has 1 atom stereocenters. The average Bonchev–Trinajstić information content (AvgIpc) is 2.95. The van der Waals surface area contributed by atoms with Crippen molar-refractivity contribution in [2.75, 3.05) is 7.11 Å². The molecule has 0 saturated carbocycles. The average molecular weight is 414 g/mol. The lowest BCUT2D eigenvalue weighted by Gasteiger charge is -2.27. The van der Waals surface area contributed by atoms with Crippen molar-refractivity contribution in [3.8, 4) is 11.5 Å². The first-order chi connectivity index (χ1) is 13.4. The number of hydrogen-bond donors (Lipinski definition) is 1. The minimum atomic E-state index is -1.37. The molecule has 1 unspecified atom stereocenters. The maximum Gasteiger partial charge on any atom is 0.266 e. The minimum absolute atomic E-state index is 0.0212. The highest BCUT2D eigenvalue weighted by Crippen LogP contribution is 2.36. The molecule has 1 N–H and O–H groups in total. The Kier molecular flexibility index (Phi) is 6.01. The zero-order valence-electron chi connectivity index (χ0n) is 14.8. The number of methoxy groups -OCH3 is 1. The maximum absolute atomic E-state index is 12.9. The van der Waals surface area contributed by atoms with E-state index in [1.165, 1.54) is 13.2 Å². The van der Waals surface area contributed by atoms with Crippen LogP contribution in [0.4, 0.5) is 0 Å². The van der Waals surface area contributed by atoms with E-state index < -0.39 is 17.9 Å². The van der Waals surface area contributed by atoms with Gasteiger partial charge in [-0.25, -0.2) is 0 Å². The molecule has 0 aliphatic carbocycles. The number of phenols is 1. The topological polar surface area (TPSA) is 89.9 Å². The van der Waals surface area contributed by atoms with E-state index in [1.807, 2.05) is 6.07 Å². The Morgan fingerprint density at radius 3 is 2.68 bits per heavy atom. The van der Waals surface area contributed by atoms with Gasteiger partial charge in [-0.05, 0) is 35.8 Å². The van der Waals surface area contributed by atoms with Crippen LogP contribution in [0, 0.1) is 0 Å². The zero-order valence-corrected chi connectivity index (χ0v) is 16.5. The van der Waals surface area contributed by atoms with E-state index in [1.54, 1.807) is 42.5 Å². The van der Waals surface area contributed by atoms with Crippen LogP contribution < -0.4 is 9.84 Å².